The van der Waals surface area contributed by atoms with E-state index in [2.05, 4.69) is 17.6 Å². The van der Waals surface area contributed by atoms with Gasteiger partial charge in [-0.15, -0.1) is 24.0 Å². The van der Waals surface area contributed by atoms with Gasteiger partial charge in [-0.25, -0.2) is 9.78 Å². The van der Waals surface area contributed by atoms with Crippen molar-refractivity contribution >= 4 is 29.9 Å². The SMILES string of the molecule is Cc1cc(C(S)(C(=O)O)c2nccs2)ccc1-c1ccccc1. The lowest BCUT2D eigenvalue weighted by molar-refractivity contribution is -0.138. The fraction of sp³-hybridized carbons (Fsp3) is 0.111. The minimum Gasteiger partial charge on any atom is -0.480 e. The molecular formula is C18H15NO2S2. The van der Waals surface area contributed by atoms with E-state index in [1.54, 1.807) is 11.6 Å². The minimum absolute atomic E-state index is 0.459. The van der Waals surface area contributed by atoms with Gasteiger partial charge >= 0.3 is 5.97 Å². The quantitative estimate of drug-likeness (QED) is 0.693. The number of aromatic nitrogens is 1. The third-order valence-corrected chi connectivity index (χ3v) is 5.49. The van der Waals surface area contributed by atoms with E-state index in [9.17, 15) is 9.90 Å². The summed E-state index contributed by atoms with van der Waals surface area (Å²) in [6.07, 6.45) is 1.60. The Labute approximate surface area is 144 Å². The van der Waals surface area contributed by atoms with Gasteiger partial charge in [0.15, 0.2) is 4.75 Å². The van der Waals surface area contributed by atoms with Gasteiger partial charge in [-0.3, -0.25) is 0 Å². The Morgan fingerprint density at radius 1 is 1.22 bits per heavy atom. The van der Waals surface area contributed by atoms with Crippen LogP contribution < -0.4 is 0 Å². The van der Waals surface area contributed by atoms with E-state index >= 15 is 0 Å². The van der Waals surface area contributed by atoms with E-state index in [1.807, 2.05) is 55.5 Å². The van der Waals surface area contributed by atoms with E-state index in [-0.39, 0.29) is 0 Å². The first kappa shape index (κ1) is 15.8. The summed E-state index contributed by atoms with van der Waals surface area (Å²) in [5, 5.41) is 11.9. The molecule has 0 radical (unpaired) electrons. The largest absolute Gasteiger partial charge is 0.480 e. The molecule has 3 aromatic rings. The van der Waals surface area contributed by atoms with Crippen molar-refractivity contribution in [1.82, 2.24) is 4.98 Å². The third kappa shape index (κ3) is 2.78. The van der Waals surface area contributed by atoms with Gasteiger partial charge < -0.3 is 5.11 Å². The number of benzene rings is 2. The van der Waals surface area contributed by atoms with Crippen LogP contribution in [0.15, 0.2) is 60.1 Å². The van der Waals surface area contributed by atoms with Crippen LogP contribution in [-0.2, 0) is 9.54 Å². The second-order valence-electron chi connectivity index (χ2n) is 5.25. The molecule has 0 bridgehead atoms. The van der Waals surface area contributed by atoms with Crippen molar-refractivity contribution in [2.24, 2.45) is 0 Å². The first-order valence-corrected chi connectivity index (χ1v) is 8.38. The Morgan fingerprint density at radius 2 is 1.96 bits per heavy atom. The number of aliphatic carboxylic acids is 1. The lowest BCUT2D eigenvalue weighted by atomic mass is 9.92. The lowest BCUT2D eigenvalue weighted by Crippen LogP contribution is -2.31. The molecule has 1 atom stereocenters. The molecule has 1 unspecified atom stereocenters. The molecule has 5 heteroatoms. The maximum atomic E-state index is 11.9. The van der Waals surface area contributed by atoms with E-state index in [0.29, 0.717) is 10.6 Å². The summed E-state index contributed by atoms with van der Waals surface area (Å²) in [6.45, 7) is 1.98. The number of hydrogen-bond acceptors (Lipinski definition) is 4. The molecule has 0 spiro atoms. The zero-order valence-corrected chi connectivity index (χ0v) is 14.1. The van der Waals surface area contributed by atoms with E-state index in [1.165, 1.54) is 11.3 Å². The average Bonchev–Trinajstić information content (AvgIpc) is 3.09. The number of rotatable bonds is 4. The van der Waals surface area contributed by atoms with Crippen LogP contribution in [0.5, 0.6) is 0 Å². The number of thiol groups is 1. The summed E-state index contributed by atoms with van der Waals surface area (Å²) in [4.78, 5) is 16.0. The Bertz CT molecular complexity index is 831. The minimum atomic E-state index is -1.44. The van der Waals surface area contributed by atoms with Gasteiger partial charge in [0.25, 0.3) is 0 Å². The van der Waals surface area contributed by atoms with Gasteiger partial charge in [0.2, 0.25) is 0 Å². The van der Waals surface area contributed by atoms with Gasteiger partial charge in [-0.05, 0) is 29.2 Å². The van der Waals surface area contributed by atoms with E-state index in [4.69, 9.17) is 0 Å². The van der Waals surface area contributed by atoms with Crippen molar-refractivity contribution < 1.29 is 9.90 Å². The standard InChI is InChI=1S/C18H15NO2S2/c1-12-11-14(7-8-15(12)13-5-3-2-4-6-13)18(22,17(20)21)16-19-9-10-23-16/h2-11,22H,1H3,(H,20,21). The van der Waals surface area contributed by atoms with Crippen LogP contribution in [-0.4, -0.2) is 16.1 Å². The van der Waals surface area contributed by atoms with Crippen LogP contribution in [0.4, 0.5) is 0 Å². The summed E-state index contributed by atoms with van der Waals surface area (Å²) < 4.78 is -1.44. The Hall–Kier alpha value is -2.11. The normalized spacial score (nSPS) is 13.5. The average molecular weight is 341 g/mol. The molecule has 1 aromatic heterocycles. The first-order chi connectivity index (χ1) is 11.0. The van der Waals surface area contributed by atoms with Crippen LogP contribution in [0.2, 0.25) is 0 Å². The smallest absolute Gasteiger partial charge is 0.331 e. The highest BCUT2D eigenvalue weighted by molar-refractivity contribution is 7.82. The maximum absolute atomic E-state index is 11.9. The molecule has 0 fully saturated rings. The van der Waals surface area contributed by atoms with Gasteiger partial charge in [0, 0.05) is 11.6 Å². The van der Waals surface area contributed by atoms with Crippen LogP contribution >= 0.6 is 24.0 Å². The molecule has 1 heterocycles. The van der Waals surface area contributed by atoms with Crippen molar-refractivity contribution in [1.29, 1.82) is 0 Å². The topological polar surface area (TPSA) is 50.2 Å². The molecule has 0 amide bonds. The molecule has 3 rings (SSSR count). The molecule has 0 aliphatic carbocycles. The highest BCUT2D eigenvalue weighted by Crippen LogP contribution is 2.39. The lowest BCUT2D eigenvalue weighted by Gasteiger charge is -2.23. The summed E-state index contributed by atoms with van der Waals surface area (Å²) in [5.41, 5.74) is 3.80. The zero-order chi connectivity index (χ0) is 16.4. The van der Waals surface area contributed by atoms with E-state index in [0.717, 1.165) is 16.7 Å². The molecule has 116 valence electrons. The monoisotopic (exact) mass is 341 g/mol. The maximum Gasteiger partial charge on any atom is 0.331 e. The van der Waals surface area contributed by atoms with Crippen LogP contribution in [0.1, 0.15) is 16.1 Å². The Kier molecular flexibility index (Phi) is 4.24. The molecule has 0 aliphatic heterocycles. The summed E-state index contributed by atoms with van der Waals surface area (Å²) in [7, 11) is 0. The molecule has 0 aliphatic rings. The molecule has 0 saturated heterocycles. The van der Waals surface area contributed by atoms with Crippen molar-refractivity contribution in [3.63, 3.8) is 0 Å². The van der Waals surface area contributed by atoms with Gasteiger partial charge in [0.05, 0.1) is 0 Å². The van der Waals surface area contributed by atoms with Crippen molar-refractivity contribution in [3.05, 3.63) is 76.2 Å². The second kappa shape index (κ2) is 6.18. The third-order valence-electron chi connectivity index (χ3n) is 3.78. The first-order valence-electron chi connectivity index (χ1n) is 7.06. The molecule has 0 saturated carbocycles. The van der Waals surface area contributed by atoms with Crippen LogP contribution in [0.25, 0.3) is 11.1 Å². The fourth-order valence-corrected chi connectivity index (χ4v) is 3.67. The molecular weight excluding hydrogens is 326 g/mol. The summed E-state index contributed by atoms with van der Waals surface area (Å²) >= 11 is 5.77. The van der Waals surface area contributed by atoms with Crippen LogP contribution in [0, 0.1) is 6.92 Å². The second-order valence-corrected chi connectivity index (χ2v) is 6.81. The molecule has 2 aromatic carbocycles. The highest BCUT2D eigenvalue weighted by atomic mass is 32.1. The number of thiazole rings is 1. The number of carboxylic acid groups (broad SMARTS) is 1. The number of carboxylic acids is 1. The number of nitrogens with zero attached hydrogens (tertiary/aromatic N) is 1. The predicted molar refractivity (Wildman–Crippen MR) is 96.1 cm³/mol. The molecule has 23 heavy (non-hydrogen) atoms. The van der Waals surface area contributed by atoms with Gasteiger partial charge in [0.1, 0.15) is 5.01 Å². The number of aryl methyl sites for hydroxylation is 1. The van der Waals surface area contributed by atoms with Crippen molar-refractivity contribution in [2.75, 3.05) is 0 Å². The Morgan fingerprint density at radius 3 is 2.52 bits per heavy atom. The molecule has 1 N–H and O–H groups in total. The van der Waals surface area contributed by atoms with Crippen molar-refractivity contribution in [3.8, 4) is 11.1 Å². The number of carbonyl (C=O) groups is 1. The highest BCUT2D eigenvalue weighted by Gasteiger charge is 2.41. The van der Waals surface area contributed by atoms with Gasteiger partial charge in [-0.1, -0.05) is 48.5 Å². The predicted octanol–water partition coefficient (Wildman–Crippen LogP) is 4.38. The van der Waals surface area contributed by atoms with Gasteiger partial charge in [-0.2, -0.15) is 0 Å². The summed E-state index contributed by atoms with van der Waals surface area (Å²) in [6, 6.07) is 15.7. The van der Waals surface area contributed by atoms with E-state index < -0.39 is 10.7 Å². The fourth-order valence-electron chi connectivity index (χ4n) is 2.57. The molecule has 3 nitrogen and oxygen atoms in total. The Balaban J connectivity index is 2.10. The van der Waals surface area contributed by atoms with Crippen LogP contribution in [0.3, 0.4) is 0 Å². The zero-order valence-electron chi connectivity index (χ0n) is 12.4. The summed E-state index contributed by atoms with van der Waals surface area (Å²) in [5.74, 6) is -1.03. The number of hydrogen-bond donors (Lipinski definition) is 2. The van der Waals surface area contributed by atoms with Crippen molar-refractivity contribution in [2.45, 2.75) is 11.7 Å².